The maximum atomic E-state index is 6.64. The summed E-state index contributed by atoms with van der Waals surface area (Å²) in [6, 6.07) is 4.02. The summed E-state index contributed by atoms with van der Waals surface area (Å²) in [6.07, 6.45) is 9.19. The first-order valence-corrected chi connectivity index (χ1v) is 10.0. The van der Waals surface area contributed by atoms with Crippen molar-refractivity contribution < 1.29 is 14.2 Å². The zero-order chi connectivity index (χ0) is 18.9. The summed E-state index contributed by atoms with van der Waals surface area (Å²) in [5, 5.41) is 0. The first-order valence-electron chi connectivity index (χ1n) is 10.0. The van der Waals surface area contributed by atoms with Crippen LogP contribution < -0.4 is 14.2 Å². The maximum Gasteiger partial charge on any atom is 0.131 e. The predicted molar refractivity (Wildman–Crippen MR) is 106 cm³/mol. The topological polar surface area (TPSA) is 27.7 Å². The molecular weight excluding hydrogens is 324 g/mol. The van der Waals surface area contributed by atoms with Crippen LogP contribution in [0.25, 0.3) is 0 Å². The number of ether oxygens (including phenoxy) is 3. The molecule has 2 aliphatic rings. The van der Waals surface area contributed by atoms with Gasteiger partial charge in [-0.1, -0.05) is 33.8 Å². The first kappa shape index (κ1) is 19.1. The van der Waals surface area contributed by atoms with E-state index in [9.17, 15) is 0 Å². The third kappa shape index (κ3) is 3.72. The Morgan fingerprint density at radius 1 is 1.15 bits per heavy atom. The van der Waals surface area contributed by atoms with Crippen LogP contribution in [-0.2, 0) is 0 Å². The summed E-state index contributed by atoms with van der Waals surface area (Å²) < 4.78 is 17.8. The number of methoxy groups -OCH3 is 2. The molecule has 26 heavy (non-hydrogen) atoms. The van der Waals surface area contributed by atoms with Gasteiger partial charge in [-0.3, -0.25) is 0 Å². The van der Waals surface area contributed by atoms with E-state index in [0.717, 1.165) is 36.5 Å². The Morgan fingerprint density at radius 2 is 1.92 bits per heavy atom. The van der Waals surface area contributed by atoms with Gasteiger partial charge in [0.25, 0.3) is 0 Å². The van der Waals surface area contributed by atoms with Gasteiger partial charge in [0.15, 0.2) is 0 Å². The molecule has 0 saturated carbocycles. The van der Waals surface area contributed by atoms with Crippen molar-refractivity contribution in [2.75, 3.05) is 14.2 Å². The molecule has 0 N–H and O–H groups in total. The molecule has 1 aromatic carbocycles. The lowest BCUT2D eigenvalue weighted by Crippen LogP contribution is -2.42. The number of hydrogen-bond acceptors (Lipinski definition) is 3. The van der Waals surface area contributed by atoms with Crippen molar-refractivity contribution in [3.8, 4) is 17.2 Å². The summed E-state index contributed by atoms with van der Waals surface area (Å²) in [6.45, 7) is 9.20. The third-order valence-corrected chi connectivity index (χ3v) is 6.01. The molecule has 1 aliphatic heterocycles. The Hall–Kier alpha value is -1.64. The summed E-state index contributed by atoms with van der Waals surface area (Å²) in [5.41, 5.74) is 1.03. The minimum atomic E-state index is -0.185. The maximum absolute atomic E-state index is 6.64. The molecule has 0 amide bonds. The van der Waals surface area contributed by atoms with Gasteiger partial charge in [0.2, 0.25) is 0 Å². The van der Waals surface area contributed by atoms with E-state index < -0.39 is 0 Å². The van der Waals surface area contributed by atoms with Gasteiger partial charge in [-0.25, -0.2) is 0 Å². The molecule has 3 rings (SSSR count). The number of benzene rings is 1. The second kappa shape index (κ2) is 7.54. The van der Waals surface area contributed by atoms with E-state index in [4.69, 9.17) is 14.2 Å². The van der Waals surface area contributed by atoms with Gasteiger partial charge in [-0.15, -0.1) is 0 Å². The van der Waals surface area contributed by atoms with Crippen molar-refractivity contribution in [2.45, 2.75) is 64.9 Å². The van der Waals surface area contributed by atoms with E-state index in [1.165, 1.54) is 12.0 Å². The standard InChI is InChI=1S/C23H34O3/c1-15(2)11-18-14-23(9-7-17(8-10-23)16(3)4)26-21-13-19(24-5)12-20(25-6)22(18)21/h7,9,12-13,15-18H,8,10-11,14H2,1-6H3/t17-,18+,23+/m1/s1. The molecule has 1 aromatic rings. The van der Waals surface area contributed by atoms with Gasteiger partial charge in [0, 0.05) is 17.7 Å². The number of rotatable bonds is 5. The van der Waals surface area contributed by atoms with Gasteiger partial charge in [-0.05, 0) is 55.4 Å². The molecule has 0 radical (unpaired) electrons. The van der Waals surface area contributed by atoms with Crippen LogP contribution in [0.4, 0.5) is 0 Å². The van der Waals surface area contributed by atoms with E-state index in [1.54, 1.807) is 14.2 Å². The molecule has 1 aliphatic carbocycles. The van der Waals surface area contributed by atoms with Crippen LogP contribution in [-0.4, -0.2) is 19.8 Å². The zero-order valence-corrected chi connectivity index (χ0v) is 17.2. The average molecular weight is 359 g/mol. The van der Waals surface area contributed by atoms with E-state index >= 15 is 0 Å². The molecule has 3 atom stereocenters. The van der Waals surface area contributed by atoms with E-state index in [0.29, 0.717) is 23.7 Å². The van der Waals surface area contributed by atoms with Gasteiger partial charge < -0.3 is 14.2 Å². The Bertz CT molecular complexity index is 662. The molecule has 3 heteroatoms. The quantitative estimate of drug-likeness (QED) is 0.606. The Morgan fingerprint density at radius 3 is 2.46 bits per heavy atom. The molecular formula is C23H34O3. The average Bonchev–Trinajstić information content (AvgIpc) is 2.60. The minimum absolute atomic E-state index is 0.185. The highest BCUT2D eigenvalue weighted by Gasteiger charge is 2.43. The van der Waals surface area contributed by atoms with Crippen molar-refractivity contribution in [2.24, 2.45) is 17.8 Å². The number of allylic oxidation sites excluding steroid dienone is 1. The lowest BCUT2D eigenvalue weighted by molar-refractivity contribution is 0.0542. The highest BCUT2D eigenvalue weighted by Crippen LogP contribution is 2.52. The second-order valence-corrected chi connectivity index (χ2v) is 8.74. The van der Waals surface area contributed by atoms with Crippen molar-refractivity contribution in [3.63, 3.8) is 0 Å². The minimum Gasteiger partial charge on any atom is -0.496 e. The van der Waals surface area contributed by atoms with Crippen LogP contribution in [0.1, 0.15) is 64.9 Å². The Kier molecular flexibility index (Phi) is 5.55. The molecule has 1 spiro atoms. The molecule has 0 bridgehead atoms. The van der Waals surface area contributed by atoms with Gasteiger partial charge >= 0.3 is 0 Å². The van der Waals surface area contributed by atoms with Crippen molar-refractivity contribution in [1.82, 2.24) is 0 Å². The summed E-state index contributed by atoms with van der Waals surface area (Å²) in [4.78, 5) is 0. The van der Waals surface area contributed by atoms with Gasteiger partial charge in [0.1, 0.15) is 22.8 Å². The van der Waals surface area contributed by atoms with Crippen molar-refractivity contribution >= 4 is 0 Å². The number of fused-ring (bicyclic) bond motifs is 1. The molecule has 0 unspecified atom stereocenters. The smallest absolute Gasteiger partial charge is 0.131 e. The molecule has 144 valence electrons. The molecule has 0 fully saturated rings. The lowest BCUT2D eigenvalue weighted by Gasteiger charge is -2.44. The van der Waals surface area contributed by atoms with Crippen LogP contribution in [0.3, 0.4) is 0 Å². The monoisotopic (exact) mass is 358 g/mol. The Labute approximate surface area is 158 Å². The van der Waals surface area contributed by atoms with Gasteiger partial charge in [-0.2, -0.15) is 0 Å². The normalized spacial score (nSPS) is 27.5. The Balaban J connectivity index is 2.01. The highest BCUT2D eigenvalue weighted by molar-refractivity contribution is 5.54. The molecule has 3 nitrogen and oxygen atoms in total. The fraction of sp³-hybridized carbons (Fsp3) is 0.652. The first-order chi connectivity index (χ1) is 12.4. The predicted octanol–water partition coefficient (Wildman–Crippen LogP) is 5.98. The van der Waals surface area contributed by atoms with Crippen LogP contribution >= 0.6 is 0 Å². The summed E-state index contributed by atoms with van der Waals surface area (Å²) in [7, 11) is 3.43. The summed E-state index contributed by atoms with van der Waals surface area (Å²) in [5.74, 6) is 5.04. The zero-order valence-electron chi connectivity index (χ0n) is 17.2. The van der Waals surface area contributed by atoms with Crippen LogP contribution in [0, 0.1) is 17.8 Å². The van der Waals surface area contributed by atoms with E-state index in [-0.39, 0.29) is 5.60 Å². The largest absolute Gasteiger partial charge is 0.496 e. The second-order valence-electron chi connectivity index (χ2n) is 8.74. The molecule has 1 heterocycles. The van der Waals surface area contributed by atoms with E-state index in [2.05, 4.69) is 39.8 Å². The summed E-state index contributed by atoms with van der Waals surface area (Å²) >= 11 is 0. The lowest BCUT2D eigenvalue weighted by atomic mass is 9.72. The van der Waals surface area contributed by atoms with E-state index in [1.807, 2.05) is 12.1 Å². The van der Waals surface area contributed by atoms with Crippen LogP contribution in [0.2, 0.25) is 0 Å². The fourth-order valence-electron chi connectivity index (χ4n) is 4.60. The van der Waals surface area contributed by atoms with Crippen molar-refractivity contribution in [1.29, 1.82) is 0 Å². The number of hydrogen-bond donors (Lipinski definition) is 0. The third-order valence-electron chi connectivity index (χ3n) is 6.01. The van der Waals surface area contributed by atoms with Gasteiger partial charge in [0.05, 0.1) is 14.2 Å². The highest BCUT2D eigenvalue weighted by atomic mass is 16.5. The molecule has 0 saturated heterocycles. The molecule has 0 aromatic heterocycles. The van der Waals surface area contributed by atoms with Crippen LogP contribution in [0.5, 0.6) is 17.2 Å². The van der Waals surface area contributed by atoms with Crippen molar-refractivity contribution in [3.05, 3.63) is 29.8 Å². The fourth-order valence-corrected chi connectivity index (χ4v) is 4.60. The van der Waals surface area contributed by atoms with Crippen LogP contribution in [0.15, 0.2) is 24.3 Å². The SMILES string of the molecule is COc1cc(OC)c2c(c1)O[C@]1(C=C[C@@H](C(C)C)CC1)C[C@@H]2CC(C)C.